The number of carboxylic acid groups (broad SMARTS) is 1. The van der Waals surface area contributed by atoms with E-state index >= 15 is 0 Å². The predicted octanol–water partition coefficient (Wildman–Crippen LogP) is 7.38. The molecule has 192 valence electrons. The molecular weight excluding hydrogens is 513 g/mol. The second-order valence-electron chi connectivity index (χ2n) is 9.59. The first-order valence-corrected chi connectivity index (χ1v) is 13.1. The summed E-state index contributed by atoms with van der Waals surface area (Å²) in [4.78, 5) is 15.7. The average Bonchev–Trinajstić information content (AvgIpc) is 3.53. The Morgan fingerprint density at radius 2 is 1.81 bits per heavy atom. The number of benzene rings is 2. The summed E-state index contributed by atoms with van der Waals surface area (Å²) < 4.78 is 8.07. The van der Waals surface area contributed by atoms with E-state index in [1.54, 1.807) is 18.3 Å². The van der Waals surface area contributed by atoms with Crippen LogP contribution < -0.4 is 4.74 Å². The highest BCUT2D eigenvalue weighted by Gasteiger charge is 2.24. The summed E-state index contributed by atoms with van der Waals surface area (Å²) in [7, 11) is 0. The number of phenols is 1. The van der Waals surface area contributed by atoms with Gasteiger partial charge in [0, 0.05) is 17.3 Å². The quantitative estimate of drug-likeness (QED) is 0.242. The van der Waals surface area contributed by atoms with Crippen molar-refractivity contribution in [2.45, 2.75) is 57.6 Å². The Morgan fingerprint density at radius 1 is 1.14 bits per heavy atom. The van der Waals surface area contributed by atoms with Crippen molar-refractivity contribution < 1.29 is 19.7 Å². The maximum Gasteiger partial charge on any atom is 0.303 e. The molecule has 1 unspecified atom stereocenters. The smallest absolute Gasteiger partial charge is 0.303 e. The van der Waals surface area contributed by atoms with Gasteiger partial charge in [0.05, 0.1) is 28.0 Å². The monoisotopic (exact) mass is 539 g/mol. The zero-order chi connectivity index (χ0) is 26.1. The van der Waals surface area contributed by atoms with E-state index in [-0.39, 0.29) is 34.2 Å². The Hall–Kier alpha value is -3.29. The molecule has 2 aromatic carbocycles. The standard InChI is InChI=1S/C28H27Cl2N3O4/c1-16(10-25(34)35)18-6-8-21(9-7-18)37-15-17-11-24-27(31-14-17)26(32-33(24)20-4-2-3-5-20)19-12-22(29)28(36)23(30)13-19/h6-9,11-14,16,20,36H,2-5,10,15H2,1H3,(H,34,35). The minimum Gasteiger partial charge on any atom is -0.505 e. The number of aliphatic carboxylic acids is 1. The van der Waals surface area contributed by atoms with Crippen LogP contribution in [-0.4, -0.2) is 30.9 Å². The van der Waals surface area contributed by atoms with Crippen LogP contribution in [-0.2, 0) is 11.4 Å². The molecule has 2 heterocycles. The molecule has 0 radical (unpaired) electrons. The second-order valence-corrected chi connectivity index (χ2v) is 10.4. The molecule has 1 aliphatic rings. The van der Waals surface area contributed by atoms with Crippen LogP contribution >= 0.6 is 23.2 Å². The van der Waals surface area contributed by atoms with Crippen LogP contribution in [0, 0.1) is 0 Å². The minimum atomic E-state index is -0.813. The van der Waals surface area contributed by atoms with Gasteiger partial charge >= 0.3 is 5.97 Å². The maximum absolute atomic E-state index is 11.0. The summed E-state index contributed by atoms with van der Waals surface area (Å²) in [5, 5.41) is 24.3. The molecule has 2 aromatic heterocycles. The molecular formula is C28H27Cl2N3O4. The summed E-state index contributed by atoms with van der Waals surface area (Å²) in [6, 6.07) is 13.2. The second kappa shape index (κ2) is 10.6. The van der Waals surface area contributed by atoms with Crippen LogP contribution in [0.25, 0.3) is 22.3 Å². The predicted molar refractivity (Wildman–Crippen MR) is 144 cm³/mol. The van der Waals surface area contributed by atoms with E-state index in [1.165, 1.54) is 0 Å². The van der Waals surface area contributed by atoms with Crippen LogP contribution in [0.15, 0.2) is 48.7 Å². The number of hydrogen-bond acceptors (Lipinski definition) is 5. The van der Waals surface area contributed by atoms with Crippen LogP contribution in [0.5, 0.6) is 11.5 Å². The van der Waals surface area contributed by atoms with E-state index in [4.69, 9.17) is 43.1 Å². The first kappa shape index (κ1) is 25.4. The maximum atomic E-state index is 11.0. The molecule has 0 bridgehead atoms. The van der Waals surface area contributed by atoms with Gasteiger partial charge < -0.3 is 14.9 Å². The molecule has 0 spiro atoms. The molecule has 9 heteroatoms. The van der Waals surface area contributed by atoms with Crippen molar-refractivity contribution in [3.05, 3.63) is 69.8 Å². The Balaban J connectivity index is 1.42. The molecule has 0 amide bonds. The number of pyridine rings is 1. The zero-order valence-corrected chi connectivity index (χ0v) is 21.8. The topological polar surface area (TPSA) is 97.5 Å². The Labute approximate surface area is 224 Å². The minimum absolute atomic E-state index is 0.0680. The van der Waals surface area contributed by atoms with Crippen LogP contribution in [0.1, 0.15) is 62.1 Å². The summed E-state index contributed by atoms with van der Waals surface area (Å²) in [6.07, 6.45) is 6.30. The average molecular weight is 540 g/mol. The van der Waals surface area contributed by atoms with Crippen molar-refractivity contribution in [2.75, 3.05) is 0 Å². The number of aromatic nitrogens is 3. The highest BCUT2D eigenvalue weighted by molar-refractivity contribution is 6.37. The highest BCUT2D eigenvalue weighted by Crippen LogP contribution is 2.40. The lowest BCUT2D eigenvalue weighted by atomic mass is 9.98. The molecule has 1 fully saturated rings. The molecule has 0 aliphatic heterocycles. The molecule has 1 atom stereocenters. The van der Waals surface area contributed by atoms with Gasteiger partial charge in [-0.15, -0.1) is 0 Å². The Bertz CT molecular complexity index is 1420. The number of ether oxygens (including phenoxy) is 1. The number of aromatic hydroxyl groups is 1. The van der Waals surface area contributed by atoms with Crippen LogP contribution in [0.3, 0.4) is 0 Å². The van der Waals surface area contributed by atoms with Crippen molar-refractivity contribution in [1.29, 1.82) is 0 Å². The summed E-state index contributed by atoms with van der Waals surface area (Å²) in [5.41, 5.74) is 4.89. The fourth-order valence-corrected chi connectivity index (χ4v) is 5.39. The van der Waals surface area contributed by atoms with Crippen molar-refractivity contribution in [3.63, 3.8) is 0 Å². The number of fused-ring (bicyclic) bond motifs is 1. The number of rotatable bonds is 8. The highest BCUT2D eigenvalue weighted by atomic mass is 35.5. The molecule has 7 nitrogen and oxygen atoms in total. The molecule has 1 saturated carbocycles. The van der Waals surface area contributed by atoms with Crippen molar-refractivity contribution >= 4 is 40.2 Å². The van der Waals surface area contributed by atoms with Gasteiger partial charge in [-0.1, -0.05) is 55.1 Å². The third kappa shape index (κ3) is 5.38. The van der Waals surface area contributed by atoms with Gasteiger partial charge in [0.25, 0.3) is 0 Å². The number of halogens is 2. The van der Waals surface area contributed by atoms with Gasteiger partial charge in [-0.05, 0) is 54.7 Å². The summed E-state index contributed by atoms with van der Waals surface area (Å²) >= 11 is 12.4. The van der Waals surface area contributed by atoms with Gasteiger partial charge in [-0.2, -0.15) is 5.10 Å². The van der Waals surface area contributed by atoms with E-state index in [9.17, 15) is 9.90 Å². The Morgan fingerprint density at radius 3 is 2.46 bits per heavy atom. The SMILES string of the molecule is CC(CC(=O)O)c1ccc(OCc2cnc3c(-c4cc(Cl)c(O)c(Cl)c4)nn(C4CCCC4)c3c2)cc1. The third-order valence-corrected chi connectivity index (χ3v) is 7.48. The van der Waals surface area contributed by atoms with E-state index in [0.29, 0.717) is 23.6 Å². The third-order valence-electron chi connectivity index (χ3n) is 6.90. The number of hydrogen-bond donors (Lipinski definition) is 2. The lowest BCUT2D eigenvalue weighted by molar-refractivity contribution is -0.137. The van der Waals surface area contributed by atoms with Crippen molar-refractivity contribution in [1.82, 2.24) is 14.8 Å². The molecule has 4 aromatic rings. The van der Waals surface area contributed by atoms with E-state index in [2.05, 4.69) is 10.7 Å². The molecule has 0 saturated heterocycles. The molecule has 37 heavy (non-hydrogen) atoms. The number of carbonyl (C=O) groups is 1. The summed E-state index contributed by atoms with van der Waals surface area (Å²) in [6.45, 7) is 2.22. The Kier molecular flexibility index (Phi) is 7.26. The van der Waals surface area contributed by atoms with Gasteiger partial charge in [0.2, 0.25) is 0 Å². The lowest BCUT2D eigenvalue weighted by Gasteiger charge is -2.12. The van der Waals surface area contributed by atoms with Crippen molar-refractivity contribution in [3.8, 4) is 22.8 Å². The lowest BCUT2D eigenvalue weighted by Crippen LogP contribution is -2.07. The van der Waals surface area contributed by atoms with E-state index in [1.807, 2.05) is 31.2 Å². The van der Waals surface area contributed by atoms with E-state index in [0.717, 1.165) is 47.8 Å². The normalized spacial score (nSPS) is 14.8. The first-order valence-electron chi connectivity index (χ1n) is 12.3. The number of carboxylic acids is 1. The largest absolute Gasteiger partial charge is 0.505 e. The fourth-order valence-electron chi connectivity index (χ4n) is 4.90. The first-order chi connectivity index (χ1) is 17.8. The molecule has 2 N–H and O–H groups in total. The number of phenolic OH excluding ortho intramolecular Hbond substituents is 1. The fraction of sp³-hybridized carbons (Fsp3) is 0.321. The summed E-state index contributed by atoms with van der Waals surface area (Å²) in [5.74, 6) is -0.331. The zero-order valence-electron chi connectivity index (χ0n) is 20.3. The van der Waals surface area contributed by atoms with Crippen LogP contribution in [0.2, 0.25) is 10.0 Å². The molecule has 1 aliphatic carbocycles. The van der Waals surface area contributed by atoms with Crippen LogP contribution in [0.4, 0.5) is 0 Å². The van der Waals surface area contributed by atoms with Gasteiger partial charge in [-0.25, -0.2) is 0 Å². The van der Waals surface area contributed by atoms with E-state index < -0.39 is 5.97 Å². The number of nitrogens with zero attached hydrogens (tertiary/aromatic N) is 3. The molecule has 5 rings (SSSR count). The van der Waals surface area contributed by atoms with Gasteiger partial charge in [0.15, 0.2) is 5.75 Å². The van der Waals surface area contributed by atoms with Gasteiger partial charge in [-0.3, -0.25) is 14.5 Å². The van der Waals surface area contributed by atoms with Gasteiger partial charge in [0.1, 0.15) is 23.6 Å². The van der Waals surface area contributed by atoms with Crippen molar-refractivity contribution in [2.24, 2.45) is 0 Å².